The van der Waals surface area contributed by atoms with Gasteiger partial charge in [0.25, 0.3) is 0 Å². The molecule has 2 heteroatoms. The van der Waals surface area contributed by atoms with Crippen molar-refractivity contribution in [1.29, 1.82) is 0 Å². The Bertz CT molecular complexity index is 1160. The predicted octanol–water partition coefficient (Wildman–Crippen LogP) is 5.54. The largest absolute Gasteiger partial charge is 0.354 e. The number of nitrogens with one attached hydrogen (secondary N) is 1. The summed E-state index contributed by atoms with van der Waals surface area (Å²) in [4.78, 5) is 8.25. The van der Waals surface area contributed by atoms with Gasteiger partial charge in [0.05, 0.1) is 11.2 Å². The summed E-state index contributed by atoms with van der Waals surface area (Å²) in [5.74, 6) is 0. The molecule has 0 radical (unpaired) electrons. The maximum atomic E-state index is 4.68. The average molecular weight is 294 g/mol. The smallest absolute Gasteiger partial charge is 0.0801 e. The lowest BCUT2D eigenvalue weighted by Gasteiger charge is -2.07. The van der Waals surface area contributed by atoms with Crippen LogP contribution in [0.1, 0.15) is 0 Å². The van der Waals surface area contributed by atoms with Crippen LogP contribution in [0.3, 0.4) is 0 Å². The molecule has 2 heterocycles. The molecule has 0 aliphatic carbocycles. The minimum Gasteiger partial charge on any atom is -0.354 e. The molecule has 2 aromatic heterocycles. The molecule has 0 unspecified atom stereocenters. The molecule has 1 N–H and O–H groups in total. The van der Waals surface area contributed by atoms with E-state index in [-0.39, 0.29) is 0 Å². The molecule has 0 aliphatic heterocycles. The molecule has 5 aromatic rings. The van der Waals surface area contributed by atoms with Crippen LogP contribution in [-0.2, 0) is 0 Å². The molecule has 23 heavy (non-hydrogen) atoms. The monoisotopic (exact) mass is 294 g/mol. The summed E-state index contributed by atoms with van der Waals surface area (Å²) in [5, 5.41) is 4.89. The Labute approximate surface area is 133 Å². The Morgan fingerprint density at radius 3 is 2.39 bits per heavy atom. The van der Waals surface area contributed by atoms with Crippen LogP contribution in [0, 0.1) is 0 Å². The van der Waals surface area contributed by atoms with Gasteiger partial charge in [-0.15, -0.1) is 0 Å². The number of benzene rings is 3. The first-order valence-corrected chi connectivity index (χ1v) is 7.75. The molecule has 0 aliphatic rings. The highest BCUT2D eigenvalue weighted by Crippen LogP contribution is 2.34. The third-order valence-corrected chi connectivity index (χ3v) is 4.47. The minimum absolute atomic E-state index is 1.03. The SMILES string of the molecule is c1ccc2c(-c3cccc4c3[nH]c3ccccc34)nccc2c1. The molecular formula is C21H14N2. The summed E-state index contributed by atoms with van der Waals surface area (Å²) >= 11 is 0. The molecule has 0 bridgehead atoms. The van der Waals surface area contributed by atoms with Gasteiger partial charge in [-0.2, -0.15) is 0 Å². The second kappa shape index (κ2) is 4.68. The van der Waals surface area contributed by atoms with Gasteiger partial charge < -0.3 is 4.98 Å². The standard InChI is InChI=1S/C21H14N2/c1-2-7-15-14(6-1)12-13-22-20(15)18-10-5-9-17-16-8-3-4-11-19(16)23-21(17)18/h1-13,23H. The van der Waals surface area contributed by atoms with Crippen molar-refractivity contribution < 1.29 is 0 Å². The molecule has 0 fully saturated rings. The number of hydrogen-bond acceptors (Lipinski definition) is 1. The van der Waals surface area contributed by atoms with Gasteiger partial charge in [-0.05, 0) is 17.5 Å². The van der Waals surface area contributed by atoms with Crippen molar-refractivity contribution in [2.45, 2.75) is 0 Å². The van der Waals surface area contributed by atoms with Gasteiger partial charge in [-0.3, -0.25) is 4.98 Å². The van der Waals surface area contributed by atoms with Crippen molar-refractivity contribution in [3.05, 3.63) is 79.0 Å². The van der Waals surface area contributed by atoms with Crippen molar-refractivity contribution in [3.63, 3.8) is 0 Å². The van der Waals surface area contributed by atoms with E-state index in [4.69, 9.17) is 0 Å². The Kier molecular flexibility index (Phi) is 2.53. The van der Waals surface area contributed by atoms with Crippen molar-refractivity contribution in [1.82, 2.24) is 9.97 Å². The van der Waals surface area contributed by atoms with Crippen LogP contribution >= 0.6 is 0 Å². The van der Waals surface area contributed by atoms with Gasteiger partial charge in [0.1, 0.15) is 0 Å². The number of rotatable bonds is 1. The van der Waals surface area contributed by atoms with Gasteiger partial charge in [0, 0.05) is 33.4 Å². The van der Waals surface area contributed by atoms with Gasteiger partial charge in [0.15, 0.2) is 0 Å². The zero-order valence-electron chi connectivity index (χ0n) is 12.5. The Balaban J connectivity index is 1.93. The number of hydrogen-bond donors (Lipinski definition) is 1. The second-order valence-electron chi connectivity index (χ2n) is 5.78. The van der Waals surface area contributed by atoms with Gasteiger partial charge in [-0.1, -0.05) is 60.7 Å². The molecular weight excluding hydrogens is 280 g/mol. The lowest BCUT2D eigenvalue weighted by atomic mass is 10.0. The normalized spacial score (nSPS) is 11.5. The third-order valence-electron chi connectivity index (χ3n) is 4.47. The topological polar surface area (TPSA) is 28.7 Å². The van der Waals surface area contributed by atoms with Crippen LogP contribution in [0.15, 0.2) is 79.0 Å². The lowest BCUT2D eigenvalue weighted by Crippen LogP contribution is -1.87. The van der Waals surface area contributed by atoms with E-state index in [0.29, 0.717) is 0 Å². The molecule has 0 spiro atoms. The van der Waals surface area contributed by atoms with E-state index in [1.807, 2.05) is 6.20 Å². The Morgan fingerprint density at radius 2 is 1.43 bits per heavy atom. The van der Waals surface area contributed by atoms with E-state index in [1.165, 1.54) is 21.5 Å². The van der Waals surface area contributed by atoms with Gasteiger partial charge in [0.2, 0.25) is 0 Å². The first kappa shape index (κ1) is 12.4. The van der Waals surface area contributed by atoms with E-state index >= 15 is 0 Å². The quantitative estimate of drug-likeness (QED) is 0.432. The first-order chi connectivity index (χ1) is 11.4. The lowest BCUT2D eigenvalue weighted by molar-refractivity contribution is 1.36. The van der Waals surface area contributed by atoms with Crippen molar-refractivity contribution in [2.75, 3.05) is 0 Å². The second-order valence-corrected chi connectivity index (χ2v) is 5.78. The van der Waals surface area contributed by atoms with Crippen LogP contribution in [-0.4, -0.2) is 9.97 Å². The highest BCUT2D eigenvalue weighted by molar-refractivity contribution is 6.13. The number of nitrogens with zero attached hydrogens (tertiary/aromatic N) is 1. The fraction of sp³-hybridized carbons (Fsp3) is 0. The van der Waals surface area contributed by atoms with E-state index < -0.39 is 0 Å². The highest BCUT2D eigenvalue weighted by Gasteiger charge is 2.12. The van der Waals surface area contributed by atoms with Crippen LogP contribution in [0.2, 0.25) is 0 Å². The fourth-order valence-corrected chi connectivity index (χ4v) is 3.40. The van der Waals surface area contributed by atoms with Crippen LogP contribution in [0.5, 0.6) is 0 Å². The number of fused-ring (bicyclic) bond motifs is 4. The minimum atomic E-state index is 1.03. The summed E-state index contributed by atoms with van der Waals surface area (Å²) < 4.78 is 0. The molecule has 108 valence electrons. The number of pyridine rings is 1. The summed E-state index contributed by atoms with van der Waals surface area (Å²) in [6.07, 6.45) is 1.89. The number of para-hydroxylation sites is 2. The number of aromatic nitrogens is 2. The Hall–Kier alpha value is -3.13. The maximum Gasteiger partial charge on any atom is 0.0801 e. The summed E-state index contributed by atoms with van der Waals surface area (Å²) in [5.41, 5.74) is 4.49. The van der Waals surface area contributed by atoms with Crippen molar-refractivity contribution >= 4 is 32.6 Å². The van der Waals surface area contributed by atoms with Crippen LogP contribution in [0.4, 0.5) is 0 Å². The molecule has 2 nitrogen and oxygen atoms in total. The predicted molar refractivity (Wildman–Crippen MR) is 96.5 cm³/mol. The van der Waals surface area contributed by atoms with Crippen LogP contribution in [0.25, 0.3) is 43.8 Å². The zero-order chi connectivity index (χ0) is 15.2. The average Bonchev–Trinajstić information content (AvgIpc) is 3.00. The number of H-pyrrole nitrogens is 1. The molecule has 0 saturated heterocycles. The van der Waals surface area contributed by atoms with Gasteiger partial charge in [-0.25, -0.2) is 0 Å². The highest BCUT2D eigenvalue weighted by atomic mass is 14.7. The van der Waals surface area contributed by atoms with E-state index in [2.05, 4.69) is 82.8 Å². The summed E-state index contributed by atoms with van der Waals surface area (Å²) in [7, 11) is 0. The van der Waals surface area contributed by atoms with Crippen LogP contribution < -0.4 is 0 Å². The van der Waals surface area contributed by atoms with Gasteiger partial charge >= 0.3 is 0 Å². The molecule has 0 atom stereocenters. The maximum absolute atomic E-state index is 4.68. The molecule has 0 amide bonds. The molecule has 5 rings (SSSR count). The zero-order valence-corrected chi connectivity index (χ0v) is 12.5. The summed E-state index contributed by atoms with van der Waals surface area (Å²) in [6, 6.07) is 25.3. The third kappa shape index (κ3) is 1.78. The molecule has 0 saturated carbocycles. The van der Waals surface area contributed by atoms with Crippen molar-refractivity contribution in [3.8, 4) is 11.3 Å². The van der Waals surface area contributed by atoms with E-state index in [0.717, 1.165) is 22.3 Å². The summed E-state index contributed by atoms with van der Waals surface area (Å²) in [6.45, 7) is 0. The Morgan fingerprint density at radius 1 is 0.652 bits per heavy atom. The molecule has 3 aromatic carbocycles. The van der Waals surface area contributed by atoms with E-state index in [1.54, 1.807) is 0 Å². The fourth-order valence-electron chi connectivity index (χ4n) is 3.40. The first-order valence-electron chi connectivity index (χ1n) is 7.75. The van der Waals surface area contributed by atoms with Crippen molar-refractivity contribution in [2.24, 2.45) is 0 Å². The van der Waals surface area contributed by atoms with E-state index in [9.17, 15) is 0 Å². The number of aromatic amines is 1.